The van der Waals surface area contributed by atoms with E-state index in [0.717, 1.165) is 5.56 Å². The summed E-state index contributed by atoms with van der Waals surface area (Å²) < 4.78 is 18.0. The Balaban J connectivity index is 1.26. The molecule has 0 bridgehead atoms. The van der Waals surface area contributed by atoms with Crippen LogP contribution in [0.25, 0.3) is 11.4 Å². The van der Waals surface area contributed by atoms with E-state index in [2.05, 4.69) is 20.5 Å². The van der Waals surface area contributed by atoms with Gasteiger partial charge in [-0.3, -0.25) is 19.0 Å². The summed E-state index contributed by atoms with van der Waals surface area (Å²) in [5, 5.41) is 10.9. The fourth-order valence-electron chi connectivity index (χ4n) is 4.27. The van der Waals surface area contributed by atoms with Gasteiger partial charge in [-0.1, -0.05) is 50.2 Å². The van der Waals surface area contributed by atoms with Crippen molar-refractivity contribution in [3.8, 4) is 22.9 Å². The van der Waals surface area contributed by atoms with Gasteiger partial charge >= 0.3 is 0 Å². The van der Waals surface area contributed by atoms with E-state index in [1.165, 1.54) is 16.8 Å². The Morgan fingerprint density at radius 1 is 0.975 bits per heavy atom. The molecule has 0 fully saturated rings. The summed E-state index contributed by atoms with van der Waals surface area (Å²) in [6, 6.07) is 16.0. The topological polar surface area (TPSA) is 138 Å². The fraction of sp³-hybridized carbons (Fsp3) is 0.310. The standard InChI is InChI=1S/C29H29N5O6/c1-28(2,16-31-22(35)15-34-23(36)12-13-30-25(34)18-8-6-5-7-9-18)24(37)26-32-33-27(40-26)29(3,4)19-10-11-20-21(14-19)39-17-38-20/h5-14H,15-17H2,1-4H3,(H,31,35). The highest BCUT2D eigenvalue weighted by Crippen LogP contribution is 2.39. The van der Waals surface area contributed by atoms with Crippen LogP contribution < -0.4 is 20.3 Å². The second kappa shape index (κ2) is 10.4. The number of carbonyl (C=O) groups excluding carboxylic acids is 2. The first-order chi connectivity index (χ1) is 19.1. The maximum Gasteiger partial charge on any atom is 0.284 e. The van der Waals surface area contributed by atoms with Gasteiger partial charge in [0.05, 0.1) is 10.8 Å². The van der Waals surface area contributed by atoms with Gasteiger partial charge < -0.3 is 19.2 Å². The van der Waals surface area contributed by atoms with Gasteiger partial charge in [0.1, 0.15) is 12.4 Å². The zero-order valence-electron chi connectivity index (χ0n) is 22.6. The van der Waals surface area contributed by atoms with Gasteiger partial charge in [-0.15, -0.1) is 10.2 Å². The number of hydrogen-bond donors (Lipinski definition) is 1. The quantitative estimate of drug-likeness (QED) is 0.315. The van der Waals surface area contributed by atoms with Crippen LogP contribution in [0.5, 0.6) is 11.5 Å². The number of nitrogens with zero attached hydrogens (tertiary/aromatic N) is 4. The van der Waals surface area contributed by atoms with Crippen LogP contribution in [-0.2, 0) is 16.8 Å². The highest BCUT2D eigenvalue weighted by Gasteiger charge is 2.37. The predicted molar refractivity (Wildman–Crippen MR) is 144 cm³/mol. The minimum absolute atomic E-state index is 0.0103. The average molecular weight is 544 g/mol. The lowest BCUT2D eigenvalue weighted by molar-refractivity contribution is -0.122. The Labute approximate surface area is 230 Å². The molecule has 1 N–H and O–H groups in total. The first-order valence-corrected chi connectivity index (χ1v) is 12.7. The van der Waals surface area contributed by atoms with Crippen molar-refractivity contribution in [2.24, 2.45) is 5.41 Å². The highest BCUT2D eigenvalue weighted by atomic mass is 16.7. The Bertz CT molecular complexity index is 1620. The number of ketones is 1. The van der Waals surface area contributed by atoms with E-state index < -0.39 is 22.5 Å². The average Bonchev–Trinajstić information content (AvgIpc) is 3.63. The molecule has 5 rings (SSSR count). The zero-order valence-corrected chi connectivity index (χ0v) is 22.6. The summed E-state index contributed by atoms with van der Waals surface area (Å²) >= 11 is 0. The van der Waals surface area contributed by atoms with Crippen molar-refractivity contribution in [1.82, 2.24) is 25.1 Å². The molecular formula is C29H29N5O6. The van der Waals surface area contributed by atoms with E-state index >= 15 is 0 Å². The Kier molecular flexibility index (Phi) is 6.97. The Morgan fingerprint density at radius 3 is 2.50 bits per heavy atom. The van der Waals surface area contributed by atoms with Crippen LogP contribution in [0.4, 0.5) is 0 Å². The molecule has 0 radical (unpaired) electrons. The van der Waals surface area contributed by atoms with Gasteiger partial charge in [-0.25, -0.2) is 4.98 Å². The van der Waals surface area contributed by atoms with E-state index in [1.807, 2.05) is 62.4 Å². The fourth-order valence-corrected chi connectivity index (χ4v) is 4.27. The molecule has 2 aromatic carbocycles. The maximum absolute atomic E-state index is 13.3. The molecule has 2 aromatic heterocycles. The molecule has 0 saturated heterocycles. The summed E-state index contributed by atoms with van der Waals surface area (Å²) in [5.74, 6) is 0.913. The van der Waals surface area contributed by atoms with Gasteiger partial charge in [0.2, 0.25) is 24.4 Å². The summed E-state index contributed by atoms with van der Waals surface area (Å²) in [5.41, 5.74) is -0.573. The molecular weight excluding hydrogens is 514 g/mol. The molecule has 11 nitrogen and oxygen atoms in total. The van der Waals surface area contributed by atoms with Gasteiger partial charge in [-0.05, 0) is 31.5 Å². The molecule has 4 aromatic rings. The molecule has 1 amide bonds. The first kappa shape index (κ1) is 26.8. The molecule has 40 heavy (non-hydrogen) atoms. The molecule has 0 unspecified atom stereocenters. The third-order valence-corrected chi connectivity index (χ3v) is 6.86. The van der Waals surface area contributed by atoms with Crippen molar-refractivity contribution in [2.45, 2.75) is 39.7 Å². The molecule has 1 aliphatic rings. The molecule has 3 heterocycles. The third kappa shape index (κ3) is 5.22. The number of fused-ring (bicyclic) bond motifs is 1. The van der Waals surface area contributed by atoms with Crippen LogP contribution in [0.15, 0.2) is 70.0 Å². The van der Waals surface area contributed by atoms with Crippen molar-refractivity contribution in [3.63, 3.8) is 0 Å². The second-order valence-electron chi connectivity index (χ2n) is 10.7. The van der Waals surface area contributed by atoms with E-state index in [-0.39, 0.29) is 37.2 Å². The molecule has 0 aliphatic carbocycles. The number of rotatable bonds is 9. The highest BCUT2D eigenvalue weighted by molar-refractivity contribution is 5.96. The first-order valence-electron chi connectivity index (χ1n) is 12.7. The molecule has 0 atom stereocenters. The zero-order chi connectivity index (χ0) is 28.5. The normalized spacial score (nSPS) is 12.8. The summed E-state index contributed by atoms with van der Waals surface area (Å²) in [6.45, 7) is 7.06. The lowest BCUT2D eigenvalue weighted by Gasteiger charge is -2.22. The number of carbonyl (C=O) groups is 2. The second-order valence-corrected chi connectivity index (χ2v) is 10.7. The summed E-state index contributed by atoms with van der Waals surface area (Å²) in [6.07, 6.45) is 1.41. The summed E-state index contributed by atoms with van der Waals surface area (Å²) in [7, 11) is 0. The van der Waals surface area contributed by atoms with Crippen LogP contribution in [0.3, 0.4) is 0 Å². The van der Waals surface area contributed by atoms with Gasteiger partial charge in [0.15, 0.2) is 11.5 Å². The predicted octanol–water partition coefficient (Wildman–Crippen LogP) is 3.37. The van der Waals surface area contributed by atoms with Crippen LogP contribution >= 0.6 is 0 Å². The largest absolute Gasteiger partial charge is 0.454 e. The molecule has 206 valence electrons. The van der Waals surface area contributed by atoms with Crippen LogP contribution in [0.1, 0.15) is 49.8 Å². The van der Waals surface area contributed by atoms with Crippen molar-refractivity contribution < 1.29 is 23.5 Å². The van der Waals surface area contributed by atoms with Crippen LogP contribution in [0, 0.1) is 5.41 Å². The van der Waals surface area contributed by atoms with Crippen molar-refractivity contribution >= 4 is 11.7 Å². The van der Waals surface area contributed by atoms with Crippen molar-refractivity contribution in [3.05, 3.63) is 88.5 Å². The smallest absolute Gasteiger partial charge is 0.284 e. The van der Waals surface area contributed by atoms with E-state index in [4.69, 9.17) is 13.9 Å². The minimum Gasteiger partial charge on any atom is -0.454 e. The number of aromatic nitrogens is 4. The third-order valence-electron chi connectivity index (χ3n) is 6.86. The van der Waals surface area contributed by atoms with Gasteiger partial charge in [0.25, 0.3) is 11.4 Å². The minimum atomic E-state index is -1.06. The van der Waals surface area contributed by atoms with E-state index in [0.29, 0.717) is 22.9 Å². The van der Waals surface area contributed by atoms with E-state index in [9.17, 15) is 14.4 Å². The molecule has 1 aliphatic heterocycles. The lowest BCUT2D eigenvalue weighted by Crippen LogP contribution is -2.41. The van der Waals surface area contributed by atoms with Gasteiger partial charge in [0, 0.05) is 24.4 Å². The lowest BCUT2D eigenvalue weighted by atomic mass is 9.84. The van der Waals surface area contributed by atoms with Crippen LogP contribution in [0.2, 0.25) is 0 Å². The number of benzene rings is 2. The molecule has 0 saturated carbocycles. The van der Waals surface area contributed by atoms with Crippen molar-refractivity contribution in [1.29, 1.82) is 0 Å². The van der Waals surface area contributed by atoms with E-state index in [1.54, 1.807) is 13.8 Å². The van der Waals surface area contributed by atoms with Crippen molar-refractivity contribution in [2.75, 3.05) is 13.3 Å². The van der Waals surface area contributed by atoms with Crippen LogP contribution in [-0.4, -0.2) is 44.8 Å². The Hall–Kier alpha value is -4.80. The number of nitrogens with one attached hydrogen (secondary N) is 1. The number of amides is 1. The number of ether oxygens (including phenoxy) is 2. The molecule has 11 heteroatoms. The molecule has 0 spiro atoms. The van der Waals surface area contributed by atoms with Gasteiger partial charge in [-0.2, -0.15) is 0 Å². The maximum atomic E-state index is 13.3. The monoisotopic (exact) mass is 543 g/mol. The number of hydrogen-bond acceptors (Lipinski definition) is 9. The Morgan fingerprint density at radius 2 is 1.73 bits per heavy atom. The number of Topliss-reactive ketones (excluding diaryl/α,β-unsaturated/α-hetero) is 1. The SMILES string of the molecule is CC(C)(CNC(=O)Cn1c(-c2ccccc2)nccc1=O)C(=O)c1nnc(C(C)(C)c2ccc3c(c2)OCO3)o1. The summed E-state index contributed by atoms with van der Waals surface area (Å²) in [4.78, 5) is 43.0.